The summed E-state index contributed by atoms with van der Waals surface area (Å²) in [6.45, 7) is 3.82. The highest BCUT2D eigenvalue weighted by Gasteiger charge is 2.50. The quantitative estimate of drug-likeness (QED) is 0.337. The summed E-state index contributed by atoms with van der Waals surface area (Å²) in [5.74, 6) is -0.610. The number of piperidine rings is 1. The van der Waals surface area contributed by atoms with Gasteiger partial charge < -0.3 is 49.4 Å². The lowest BCUT2D eigenvalue weighted by Gasteiger charge is -2.48. The van der Waals surface area contributed by atoms with Gasteiger partial charge in [0, 0.05) is 18.4 Å². The second-order valence-corrected chi connectivity index (χ2v) is 9.55. The monoisotopic (exact) mass is 505 g/mol. The minimum absolute atomic E-state index is 0.0513. The number of methoxy groups -OCH3 is 1. The molecule has 196 valence electrons. The second-order valence-electron chi connectivity index (χ2n) is 9.55. The maximum Gasteiger partial charge on any atom is 0.253 e. The van der Waals surface area contributed by atoms with Crippen LogP contribution in [0.2, 0.25) is 0 Å². The third kappa shape index (κ3) is 3.96. The van der Waals surface area contributed by atoms with Gasteiger partial charge in [-0.15, -0.1) is 6.58 Å². The van der Waals surface area contributed by atoms with Crippen LogP contribution in [0.15, 0.2) is 36.6 Å². The summed E-state index contributed by atoms with van der Waals surface area (Å²) < 4.78 is 22.4. The van der Waals surface area contributed by atoms with Crippen molar-refractivity contribution in [1.82, 2.24) is 4.90 Å². The Balaban J connectivity index is 1.42. The number of aliphatic hydroxyl groups excluding tert-OH is 4. The fourth-order valence-electron chi connectivity index (χ4n) is 5.70. The normalized spacial score (nSPS) is 37.7. The molecule has 1 aromatic rings. The van der Waals surface area contributed by atoms with Crippen LogP contribution in [0.5, 0.6) is 11.5 Å². The molecule has 36 heavy (non-hydrogen) atoms. The zero-order valence-electron chi connectivity index (χ0n) is 19.8. The number of phenols is 1. The highest BCUT2D eigenvalue weighted by atomic mass is 16.8. The molecule has 4 aliphatic heterocycles. The molecular formula is C25H31NO10. The van der Waals surface area contributed by atoms with E-state index in [0.29, 0.717) is 30.7 Å². The smallest absolute Gasteiger partial charge is 0.253 e. The van der Waals surface area contributed by atoms with E-state index in [2.05, 4.69) is 6.58 Å². The largest absolute Gasteiger partial charge is 0.504 e. The highest BCUT2D eigenvalue weighted by molar-refractivity contribution is 5.95. The fourth-order valence-corrected chi connectivity index (χ4v) is 5.70. The molecule has 11 nitrogen and oxygen atoms in total. The van der Waals surface area contributed by atoms with Crippen molar-refractivity contribution in [3.05, 3.63) is 47.7 Å². The van der Waals surface area contributed by atoms with Gasteiger partial charge in [-0.05, 0) is 36.1 Å². The lowest BCUT2D eigenvalue weighted by Crippen LogP contribution is -2.60. The molecule has 4 heterocycles. The number of hydrogen-bond acceptors (Lipinski definition) is 10. The number of carbonyl (C=O) groups excluding carboxylic acids is 1. The molecular weight excluding hydrogens is 474 g/mol. The Labute approximate surface area is 207 Å². The number of benzene rings is 1. The van der Waals surface area contributed by atoms with Crippen LogP contribution in [0.4, 0.5) is 0 Å². The van der Waals surface area contributed by atoms with Crippen molar-refractivity contribution in [3.63, 3.8) is 0 Å². The van der Waals surface area contributed by atoms with E-state index in [1.165, 1.54) is 13.4 Å². The molecule has 2 fully saturated rings. The first-order valence-corrected chi connectivity index (χ1v) is 11.9. The van der Waals surface area contributed by atoms with E-state index < -0.39 is 49.5 Å². The SMILES string of the molecule is C=C[C@H]1[C@H](O[C@@H]2O[C@H](CO)[C@@H](O)[C@H](O)[C@H]2O)OC=C2C(=O)N3CCc4cc(O)c(OC)cc4[C@@H]3C[C@H]21. The van der Waals surface area contributed by atoms with Crippen molar-refractivity contribution in [3.8, 4) is 11.5 Å². The Morgan fingerprint density at radius 3 is 2.67 bits per heavy atom. The van der Waals surface area contributed by atoms with Crippen molar-refractivity contribution < 1.29 is 49.3 Å². The second kappa shape index (κ2) is 9.66. The van der Waals surface area contributed by atoms with Gasteiger partial charge in [-0.25, -0.2) is 0 Å². The van der Waals surface area contributed by atoms with Gasteiger partial charge in [0.25, 0.3) is 5.91 Å². The third-order valence-corrected chi connectivity index (χ3v) is 7.68. The van der Waals surface area contributed by atoms with E-state index in [1.54, 1.807) is 23.1 Å². The van der Waals surface area contributed by atoms with Gasteiger partial charge >= 0.3 is 0 Å². The summed E-state index contributed by atoms with van der Waals surface area (Å²) in [5, 5.41) is 50.2. The van der Waals surface area contributed by atoms with Crippen molar-refractivity contribution in [2.45, 2.75) is 55.9 Å². The lowest BCUT2D eigenvalue weighted by molar-refractivity contribution is -0.339. The number of ether oxygens (including phenoxy) is 4. The zero-order chi connectivity index (χ0) is 25.7. The van der Waals surface area contributed by atoms with Gasteiger partial charge in [-0.2, -0.15) is 0 Å². The summed E-state index contributed by atoms with van der Waals surface area (Å²) in [6, 6.07) is 3.20. The number of phenolic OH excluding ortho intramolecular Hbond substituents is 1. The van der Waals surface area contributed by atoms with Gasteiger partial charge in [-0.3, -0.25) is 4.79 Å². The summed E-state index contributed by atoms with van der Waals surface area (Å²) in [5.41, 5.74) is 2.34. The number of hydrogen-bond donors (Lipinski definition) is 5. The third-order valence-electron chi connectivity index (χ3n) is 7.68. The van der Waals surface area contributed by atoms with E-state index in [-0.39, 0.29) is 23.6 Å². The van der Waals surface area contributed by atoms with Crippen LogP contribution in [0.1, 0.15) is 23.6 Å². The van der Waals surface area contributed by atoms with E-state index in [1.807, 2.05) is 0 Å². The van der Waals surface area contributed by atoms with Crippen LogP contribution in [0.3, 0.4) is 0 Å². The molecule has 1 amide bonds. The van der Waals surface area contributed by atoms with Crippen molar-refractivity contribution in [2.75, 3.05) is 20.3 Å². The van der Waals surface area contributed by atoms with Crippen LogP contribution in [-0.2, 0) is 25.4 Å². The first-order chi connectivity index (χ1) is 17.3. The van der Waals surface area contributed by atoms with Crippen LogP contribution >= 0.6 is 0 Å². The van der Waals surface area contributed by atoms with E-state index in [9.17, 15) is 30.3 Å². The van der Waals surface area contributed by atoms with Gasteiger partial charge in [-0.1, -0.05) is 6.08 Å². The Bertz CT molecular complexity index is 1060. The predicted molar refractivity (Wildman–Crippen MR) is 122 cm³/mol. The molecule has 9 atom stereocenters. The number of aromatic hydroxyl groups is 1. The van der Waals surface area contributed by atoms with Gasteiger partial charge in [0.15, 0.2) is 17.8 Å². The summed E-state index contributed by atoms with van der Waals surface area (Å²) >= 11 is 0. The van der Waals surface area contributed by atoms with Gasteiger partial charge in [0.05, 0.1) is 31.6 Å². The average molecular weight is 506 g/mol. The number of carbonyl (C=O) groups is 1. The summed E-state index contributed by atoms with van der Waals surface area (Å²) in [7, 11) is 1.47. The number of aliphatic hydroxyl groups is 4. The predicted octanol–water partition coefficient (Wildman–Crippen LogP) is -0.295. The highest BCUT2D eigenvalue weighted by Crippen LogP contribution is 2.49. The molecule has 2 saturated heterocycles. The first kappa shape index (κ1) is 25.0. The lowest BCUT2D eigenvalue weighted by atomic mass is 9.73. The standard InChI is InChI=1S/C25H31NO10/c1-3-12-14-7-16-13-8-18(33-2)17(28)6-11(13)4-5-26(16)23(32)15(14)10-34-24(12)36-25-22(31)21(30)20(29)19(9-27)35-25/h3,6,8,10,12,14,16,19-22,24-25,27-31H,1,4-5,7,9H2,2H3/t12-,14+,16+,19-,20-,21+,22-,24+,25+/m1/s1. The number of fused-ring (bicyclic) bond motifs is 4. The molecule has 0 bridgehead atoms. The summed E-state index contributed by atoms with van der Waals surface area (Å²) in [6.07, 6.45) is -4.08. The van der Waals surface area contributed by atoms with Crippen LogP contribution in [-0.4, -0.2) is 93.6 Å². The molecule has 4 aliphatic rings. The number of rotatable bonds is 5. The van der Waals surface area contributed by atoms with Gasteiger partial charge in [0.1, 0.15) is 24.4 Å². The van der Waals surface area contributed by atoms with Crippen LogP contribution in [0.25, 0.3) is 0 Å². The summed E-state index contributed by atoms with van der Waals surface area (Å²) in [4.78, 5) is 15.3. The van der Waals surface area contributed by atoms with E-state index in [0.717, 1.165) is 11.1 Å². The number of nitrogens with zero attached hydrogens (tertiary/aromatic N) is 1. The Kier molecular flexibility index (Phi) is 6.70. The molecule has 0 radical (unpaired) electrons. The Hall–Kier alpha value is -2.67. The molecule has 11 heteroatoms. The Morgan fingerprint density at radius 2 is 1.97 bits per heavy atom. The van der Waals surface area contributed by atoms with Crippen molar-refractivity contribution >= 4 is 5.91 Å². The topological polar surface area (TPSA) is 158 Å². The Morgan fingerprint density at radius 1 is 1.19 bits per heavy atom. The molecule has 0 aliphatic carbocycles. The van der Waals surface area contributed by atoms with Crippen LogP contribution < -0.4 is 4.74 Å². The molecule has 5 N–H and O–H groups in total. The van der Waals surface area contributed by atoms with Crippen molar-refractivity contribution in [2.24, 2.45) is 11.8 Å². The minimum Gasteiger partial charge on any atom is -0.504 e. The molecule has 5 rings (SSSR count). The van der Waals surface area contributed by atoms with Gasteiger partial charge in [0.2, 0.25) is 6.29 Å². The zero-order valence-corrected chi connectivity index (χ0v) is 19.8. The molecule has 0 spiro atoms. The first-order valence-electron chi connectivity index (χ1n) is 11.9. The van der Waals surface area contributed by atoms with Crippen LogP contribution in [0, 0.1) is 11.8 Å². The fraction of sp³-hybridized carbons (Fsp3) is 0.560. The molecule has 0 saturated carbocycles. The maximum atomic E-state index is 13.5. The number of amides is 1. The van der Waals surface area contributed by atoms with Crippen molar-refractivity contribution in [1.29, 1.82) is 0 Å². The van der Waals surface area contributed by atoms with E-state index >= 15 is 0 Å². The minimum atomic E-state index is -1.59. The molecule has 0 unspecified atom stereocenters. The maximum absolute atomic E-state index is 13.5. The molecule has 1 aromatic carbocycles. The van der Waals surface area contributed by atoms with E-state index in [4.69, 9.17) is 18.9 Å². The average Bonchev–Trinajstić information content (AvgIpc) is 2.88. The molecule has 0 aromatic heterocycles.